The summed E-state index contributed by atoms with van der Waals surface area (Å²) in [4.78, 5) is 12.2. The number of fused-ring (bicyclic) bond motifs is 1. The normalized spacial score (nSPS) is 10.9. The number of nitrogens with zero attached hydrogens (tertiary/aromatic N) is 3. The molecule has 0 aliphatic rings. The number of hydrogen-bond acceptors (Lipinski definition) is 5. The van der Waals surface area contributed by atoms with Gasteiger partial charge in [0.2, 0.25) is 11.7 Å². The van der Waals surface area contributed by atoms with Crippen LogP contribution in [0.2, 0.25) is 0 Å². The van der Waals surface area contributed by atoms with E-state index in [-0.39, 0.29) is 11.7 Å². The summed E-state index contributed by atoms with van der Waals surface area (Å²) in [6.07, 6.45) is 1.76. The zero-order valence-corrected chi connectivity index (χ0v) is 17.7. The number of nitrogens with one attached hydrogen (secondary N) is 1. The molecule has 2 heterocycles. The predicted molar refractivity (Wildman–Crippen MR) is 119 cm³/mol. The maximum absolute atomic E-state index is 12.2. The van der Waals surface area contributed by atoms with Gasteiger partial charge in [-0.2, -0.15) is 0 Å². The Morgan fingerprint density at radius 3 is 2.83 bits per heavy atom. The molecule has 4 rings (SSSR count). The summed E-state index contributed by atoms with van der Waals surface area (Å²) < 4.78 is 8.81. The summed E-state index contributed by atoms with van der Waals surface area (Å²) in [5.74, 6) is 1.33. The van der Waals surface area contributed by atoms with Crippen LogP contribution in [0.5, 0.6) is 0 Å². The van der Waals surface area contributed by atoms with E-state index in [0.717, 1.165) is 21.1 Å². The van der Waals surface area contributed by atoms with Crippen molar-refractivity contribution in [3.05, 3.63) is 71.7 Å². The highest BCUT2D eigenvalue weighted by atomic mass is 79.9. The van der Waals surface area contributed by atoms with Crippen LogP contribution in [0.4, 0.5) is 5.69 Å². The van der Waals surface area contributed by atoms with Crippen LogP contribution in [0.15, 0.2) is 81.3 Å². The molecule has 2 aromatic heterocycles. The summed E-state index contributed by atoms with van der Waals surface area (Å²) >= 11 is 4.79. The van der Waals surface area contributed by atoms with Crippen LogP contribution in [0.25, 0.3) is 22.6 Å². The van der Waals surface area contributed by atoms with Gasteiger partial charge in [0.15, 0.2) is 10.9 Å². The molecule has 29 heavy (non-hydrogen) atoms. The summed E-state index contributed by atoms with van der Waals surface area (Å²) in [7, 11) is 0. The van der Waals surface area contributed by atoms with E-state index in [9.17, 15) is 4.79 Å². The average molecular weight is 469 g/mol. The van der Waals surface area contributed by atoms with Gasteiger partial charge in [0.25, 0.3) is 0 Å². The van der Waals surface area contributed by atoms with Gasteiger partial charge in [0, 0.05) is 22.1 Å². The topological polar surface area (TPSA) is 73.0 Å². The highest BCUT2D eigenvalue weighted by molar-refractivity contribution is 9.10. The van der Waals surface area contributed by atoms with Gasteiger partial charge in [-0.05, 0) is 36.4 Å². The first kappa shape index (κ1) is 19.5. The second kappa shape index (κ2) is 8.67. The Labute approximate surface area is 180 Å². The lowest BCUT2D eigenvalue weighted by molar-refractivity contribution is -0.113. The van der Waals surface area contributed by atoms with Crippen molar-refractivity contribution >= 4 is 50.3 Å². The number of allylic oxidation sites excluding steroid dienone is 1. The second-order valence-electron chi connectivity index (χ2n) is 6.20. The second-order valence-corrected chi connectivity index (χ2v) is 8.06. The summed E-state index contributed by atoms with van der Waals surface area (Å²) in [6.45, 7) is 4.32. The molecule has 0 unspecified atom stereocenters. The molecule has 0 bridgehead atoms. The molecule has 1 N–H and O–H groups in total. The van der Waals surface area contributed by atoms with Crippen LogP contribution in [-0.2, 0) is 11.3 Å². The molecule has 146 valence electrons. The largest absolute Gasteiger partial charge is 0.453 e. The number of amides is 1. The van der Waals surface area contributed by atoms with Crippen LogP contribution in [0.3, 0.4) is 0 Å². The number of carbonyl (C=O) groups is 1. The van der Waals surface area contributed by atoms with E-state index in [2.05, 4.69) is 38.0 Å². The molecule has 2 aromatic carbocycles. The maximum atomic E-state index is 12.2. The molecule has 0 atom stereocenters. The van der Waals surface area contributed by atoms with Crippen molar-refractivity contribution in [3.8, 4) is 11.6 Å². The van der Waals surface area contributed by atoms with Gasteiger partial charge in [-0.3, -0.25) is 9.36 Å². The first-order chi connectivity index (χ1) is 14.1. The molecular formula is C21H17BrN4O2S. The number of aromatic nitrogens is 3. The van der Waals surface area contributed by atoms with Crippen molar-refractivity contribution in [3.63, 3.8) is 0 Å². The zero-order chi connectivity index (χ0) is 20.2. The fraction of sp³-hybridized carbons (Fsp3) is 0.0952. The van der Waals surface area contributed by atoms with E-state index in [0.29, 0.717) is 23.3 Å². The van der Waals surface area contributed by atoms with Crippen LogP contribution < -0.4 is 5.32 Å². The highest BCUT2D eigenvalue weighted by Gasteiger charge is 2.18. The third-order valence-electron chi connectivity index (χ3n) is 4.12. The van der Waals surface area contributed by atoms with Gasteiger partial charge < -0.3 is 9.73 Å². The van der Waals surface area contributed by atoms with Crippen LogP contribution >= 0.6 is 27.7 Å². The van der Waals surface area contributed by atoms with Gasteiger partial charge >= 0.3 is 0 Å². The van der Waals surface area contributed by atoms with E-state index in [1.165, 1.54) is 11.8 Å². The number of halogens is 1. The van der Waals surface area contributed by atoms with Crippen molar-refractivity contribution < 1.29 is 9.21 Å². The molecule has 6 nitrogen and oxygen atoms in total. The number of para-hydroxylation sites is 1. The van der Waals surface area contributed by atoms with Crippen molar-refractivity contribution in [2.45, 2.75) is 11.7 Å². The number of rotatable bonds is 7. The monoisotopic (exact) mass is 468 g/mol. The summed E-state index contributed by atoms with van der Waals surface area (Å²) in [6, 6.07) is 17.1. The first-order valence-electron chi connectivity index (χ1n) is 8.85. The molecule has 1 amide bonds. The molecule has 0 aliphatic heterocycles. The number of carbonyl (C=O) groups excluding carboxylic acids is 1. The van der Waals surface area contributed by atoms with Crippen LogP contribution in [0, 0.1) is 0 Å². The standard InChI is InChI=1S/C21H17BrN4O2S/c1-2-10-26-20(18-12-14-11-15(22)8-9-17(14)28-18)24-25-21(26)29-13-19(27)23-16-6-4-3-5-7-16/h2-9,11-12H,1,10,13H2,(H,23,27). The lowest BCUT2D eigenvalue weighted by Crippen LogP contribution is -2.14. The molecule has 0 radical (unpaired) electrons. The summed E-state index contributed by atoms with van der Waals surface area (Å²) in [5, 5.41) is 13.0. The lowest BCUT2D eigenvalue weighted by Gasteiger charge is -2.07. The van der Waals surface area contributed by atoms with E-state index in [4.69, 9.17) is 4.42 Å². The minimum atomic E-state index is -0.107. The quantitative estimate of drug-likeness (QED) is 0.291. The number of furan rings is 1. The van der Waals surface area contributed by atoms with Crippen LogP contribution in [0.1, 0.15) is 0 Å². The van der Waals surface area contributed by atoms with Gasteiger partial charge in [-0.15, -0.1) is 16.8 Å². The Morgan fingerprint density at radius 1 is 1.21 bits per heavy atom. The predicted octanol–water partition coefficient (Wildman–Crippen LogP) is 5.37. The molecule has 8 heteroatoms. The van der Waals surface area contributed by atoms with Crippen molar-refractivity contribution in [1.82, 2.24) is 14.8 Å². The Kier molecular flexibility index (Phi) is 5.82. The van der Waals surface area contributed by atoms with Gasteiger partial charge in [0.05, 0.1) is 5.75 Å². The van der Waals surface area contributed by atoms with Crippen molar-refractivity contribution in [2.75, 3.05) is 11.1 Å². The highest BCUT2D eigenvalue weighted by Crippen LogP contribution is 2.30. The molecule has 0 saturated heterocycles. The Balaban J connectivity index is 1.54. The molecule has 4 aromatic rings. The average Bonchev–Trinajstić information content (AvgIpc) is 3.31. The number of thioether (sulfide) groups is 1. The third kappa shape index (κ3) is 4.44. The first-order valence-corrected chi connectivity index (χ1v) is 10.6. The van der Waals surface area contributed by atoms with E-state index < -0.39 is 0 Å². The third-order valence-corrected chi connectivity index (χ3v) is 5.58. The minimum absolute atomic E-state index is 0.107. The van der Waals surface area contributed by atoms with Crippen LogP contribution in [-0.4, -0.2) is 26.4 Å². The van der Waals surface area contributed by atoms with Crippen molar-refractivity contribution in [1.29, 1.82) is 0 Å². The van der Waals surface area contributed by atoms with Gasteiger partial charge in [0.1, 0.15) is 5.58 Å². The van der Waals surface area contributed by atoms with Crippen molar-refractivity contribution in [2.24, 2.45) is 0 Å². The lowest BCUT2D eigenvalue weighted by atomic mass is 10.2. The van der Waals surface area contributed by atoms with E-state index in [1.807, 2.05) is 59.2 Å². The minimum Gasteiger partial charge on any atom is -0.453 e. The smallest absolute Gasteiger partial charge is 0.234 e. The summed E-state index contributed by atoms with van der Waals surface area (Å²) in [5.41, 5.74) is 1.53. The van der Waals surface area contributed by atoms with E-state index >= 15 is 0 Å². The Hall–Kier alpha value is -2.84. The fourth-order valence-corrected chi connectivity index (χ4v) is 3.97. The number of anilines is 1. The number of hydrogen-bond donors (Lipinski definition) is 1. The molecule has 0 fully saturated rings. The number of benzene rings is 2. The maximum Gasteiger partial charge on any atom is 0.234 e. The Bertz CT molecular complexity index is 1170. The zero-order valence-electron chi connectivity index (χ0n) is 15.3. The molecule has 0 saturated carbocycles. The molecule has 0 spiro atoms. The van der Waals surface area contributed by atoms with Gasteiger partial charge in [-0.1, -0.05) is 52.0 Å². The molecular weight excluding hydrogens is 452 g/mol. The fourth-order valence-electron chi connectivity index (χ4n) is 2.84. The SMILES string of the molecule is C=CCn1c(SCC(=O)Nc2ccccc2)nnc1-c1cc2cc(Br)ccc2o1. The van der Waals surface area contributed by atoms with Gasteiger partial charge in [-0.25, -0.2) is 0 Å². The van der Waals surface area contributed by atoms with E-state index in [1.54, 1.807) is 6.08 Å². The Morgan fingerprint density at radius 2 is 2.03 bits per heavy atom. The molecule has 0 aliphatic carbocycles.